The van der Waals surface area contributed by atoms with Crippen LogP contribution >= 0.6 is 0 Å². The first-order valence-corrected chi connectivity index (χ1v) is 4.92. The van der Waals surface area contributed by atoms with Crippen molar-refractivity contribution in [3.8, 4) is 0 Å². The zero-order valence-corrected chi connectivity index (χ0v) is 8.32. The summed E-state index contributed by atoms with van der Waals surface area (Å²) >= 11 is 0. The second-order valence-electron chi connectivity index (χ2n) is 4.10. The maximum Gasteiger partial charge on any atom is 0.239 e. The monoisotopic (exact) mass is 183 g/mol. The molecule has 0 bridgehead atoms. The molecule has 0 aliphatic heterocycles. The quantitative estimate of drug-likeness (QED) is 0.488. The van der Waals surface area contributed by atoms with Crippen molar-refractivity contribution in [2.75, 3.05) is 0 Å². The maximum absolute atomic E-state index is 10.4. The third-order valence-electron chi connectivity index (χ3n) is 2.74. The van der Waals surface area contributed by atoms with E-state index in [4.69, 9.17) is 0 Å². The van der Waals surface area contributed by atoms with Crippen molar-refractivity contribution in [2.24, 2.45) is 11.8 Å². The molecule has 13 heavy (non-hydrogen) atoms. The Kier molecular flexibility index (Phi) is 3.46. The Hall–Kier alpha value is -0.860. The third-order valence-corrected chi connectivity index (χ3v) is 2.74. The Balaban J connectivity index is 2.52. The molecule has 0 aromatic heterocycles. The van der Waals surface area contributed by atoms with Gasteiger partial charge in [0, 0.05) is 6.92 Å². The van der Waals surface area contributed by atoms with Gasteiger partial charge in [-0.05, 0) is 30.8 Å². The summed E-state index contributed by atoms with van der Waals surface area (Å²) in [5, 5.41) is 10.4. The van der Waals surface area contributed by atoms with E-state index in [0.29, 0.717) is 11.6 Å². The van der Waals surface area contributed by atoms with Gasteiger partial charge in [-0.2, -0.15) is 0 Å². The maximum atomic E-state index is 10.4. The van der Waals surface area contributed by atoms with Crippen LogP contribution in [0.1, 0.15) is 39.5 Å². The lowest BCUT2D eigenvalue weighted by molar-refractivity contribution is -0.424. The van der Waals surface area contributed by atoms with Gasteiger partial charge in [0.25, 0.3) is 0 Å². The van der Waals surface area contributed by atoms with E-state index in [-0.39, 0.29) is 4.92 Å². The van der Waals surface area contributed by atoms with Crippen LogP contribution < -0.4 is 0 Å². The minimum Gasteiger partial charge on any atom is -0.259 e. The Bertz CT molecular complexity index is 223. The van der Waals surface area contributed by atoms with E-state index in [1.54, 1.807) is 6.92 Å². The Labute approximate surface area is 79.0 Å². The highest BCUT2D eigenvalue weighted by atomic mass is 16.6. The van der Waals surface area contributed by atoms with Crippen molar-refractivity contribution < 1.29 is 4.92 Å². The van der Waals surface area contributed by atoms with Crippen molar-refractivity contribution in [3.05, 3.63) is 21.9 Å². The van der Waals surface area contributed by atoms with Crippen LogP contribution in [0.5, 0.6) is 0 Å². The van der Waals surface area contributed by atoms with Crippen LogP contribution in [0.15, 0.2) is 11.8 Å². The van der Waals surface area contributed by atoms with Crippen LogP contribution in [-0.2, 0) is 0 Å². The largest absolute Gasteiger partial charge is 0.259 e. The fraction of sp³-hybridized carbons (Fsp3) is 0.800. The zero-order valence-electron chi connectivity index (χ0n) is 8.32. The third kappa shape index (κ3) is 3.17. The van der Waals surface area contributed by atoms with Gasteiger partial charge < -0.3 is 0 Å². The number of rotatable bonds is 2. The van der Waals surface area contributed by atoms with Gasteiger partial charge >= 0.3 is 0 Å². The normalized spacial score (nSPS) is 30.2. The standard InChI is InChI=1S/C10H17NO2/c1-8-4-3-5-10(6-8)7-9(2)11(12)13/h7-8,10H,3-6H2,1-2H3/b9-7-. The SMILES string of the molecule is C/C(=C/C1CCCC(C)C1)[N+](=O)[O-]. The number of nitro groups is 1. The lowest BCUT2D eigenvalue weighted by Crippen LogP contribution is -2.12. The van der Waals surface area contributed by atoms with Crippen molar-refractivity contribution >= 4 is 0 Å². The fourth-order valence-electron chi connectivity index (χ4n) is 2.03. The molecule has 0 spiro atoms. The molecule has 2 unspecified atom stereocenters. The summed E-state index contributed by atoms with van der Waals surface area (Å²) in [5.74, 6) is 1.17. The van der Waals surface area contributed by atoms with Crippen molar-refractivity contribution in [2.45, 2.75) is 39.5 Å². The van der Waals surface area contributed by atoms with E-state index in [2.05, 4.69) is 6.92 Å². The second-order valence-corrected chi connectivity index (χ2v) is 4.10. The van der Waals surface area contributed by atoms with Crippen LogP contribution in [-0.4, -0.2) is 4.92 Å². The number of allylic oxidation sites excluding steroid dienone is 2. The van der Waals surface area contributed by atoms with Crippen LogP contribution in [0.25, 0.3) is 0 Å². The van der Waals surface area contributed by atoms with Crippen molar-refractivity contribution in [1.82, 2.24) is 0 Å². The average molecular weight is 183 g/mol. The molecule has 0 saturated heterocycles. The Morgan fingerprint density at radius 3 is 2.77 bits per heavy atom. The van der Waals surface area contributed by atoms with Gasteiger partial charge in [0.15, 0.2) is 0 Å². The van der Waals surface area contributed by atoms with E-state index in [0.717, 1.165) is 18.8 Å². The van der Waals surface area contributed by atoms with Gasteiger partial charge in [-0.25, -0.2) is 0 Å². The number of nitrogens with zero attached hydrogens (tertiary/aromatic N) is 1. The van der Waals surface area contributed by atoms with E-state index in [1.165, 1.54) is 12.8 Å². The molecule has 74 valence electrons. The summed E-state index contributed by atoms with van der Waals surface area (Å²) in [7, 11) is 0. The molecule has 0 N–H and O–H groups in total. The highest BCUT2D eigenvalue weighted by Gasteiger charge is 2.18. The summed E-state index contributed by atoms with van der Waals surface area (Å²) in [4.78, 5) is 10.1. The van der Waals surface area contributed by atoms with Gasteiger partial charge in [0.05, 0.1) is 4.92 Å². The molecular weight excluding hydrogens is 166 g/mol. The Morgan fingerprint density at radius 2 is 2.23 bits per heavy atom. The molecule has 0 aromatic carbocycles. The molecule has 1 aliphatic carbocycles. The summed E-state index contributed by atoms with van der Waals surface area (Å²) in [6, 6.07) is 0. The first kappa shape index (κ1) is 10.2. The molecule has 1 rings (SSSR count). The smallest absolute Gasteiger partial charge is 0.239 e. The summed E-state index contributed by atoms with van der Waals surface area (Å²) in [6.07, 6.45) is 6.56. The van der Waals surface area contributed by atoms with Crippen molar-refractivity contribution in [1.29, 1.82) is 0 Å². The predicted octanol–water partition coefficient (Wildman–Crippen LogP) is 2.99. The van der Waals surface area contributed by atoms with Gasteiger partial charge in [-0.15, -0.1) is 0 Å². The second kappa shape index (κ2) is 4.40. The minimum absolute atomic E-state index is 0.292. The van der Waals surface area contributed by atoms with E-state index in [1.807, 2.05) is 6.08 Å². The minimum atomic E-state index is -0.292. The van der Waals surface area contributed by atoms with Gasteiger partial charge in [-0.1, -0.05) is 19.8 Å². The molecule has 0 radical (unpaired) electrons. The molecule has 3 heteroatoms. The van der Waals surface area contributed by atoms with Crippen LogP contribution in [0.3, 0.4) is 0 Å². The highest BCUT2D eigenvalue weighted by molar-refractivity contribution is 4.94. The number of hydrogen-bond donors (Lipinski definition) is 0. The summed E-state index contributed by atoms with van der Waals surface area (Å²) < 4.78 is 0. The molecule has 1 saturated carbocycles. The van der Waals surface area contributed by atoms with Crippen LogP contribution in [0.4, 0.5) is 0 Å². The van der Waals surface area contributed by atoms with Gasteiger partial charge in [-0.3, -0.25) is 10.1 Å². The molecular formula is C10H17NO2. The molecule has 3 nitrogen and oxygen atoms in total. The Morgan fingerprint density at radius 1 is 1.54 bits per heavy atom. The molecule has 0 aromatic rings. The van der Waals surface area contributed by atoms with E-state index >= 15 is 0 Å². The lowest BCUT2D eigenvalue weighted by Gasteiger charge is -2.23. The number of hydrogen-bond acceptors (Lipinski definition) is 2. The lowest BCUT2D eigenvalue weighted by atomic mass is 9.82. The first-order chi connectivity index (χ1) is 6.09. The zero-order chi connectivity index (χ0) is 9.84. The summed E-state index contributed by atoms with van der Waals surface area (Å²) in [6.45, 7) is 3.81. The van der Waals surface area contributed by atoms with Gasteiger partial charge in [0.1, 0.15) is 0 Å². The molecule has 1 aliphatic rings. The van der Waals surface area contributed by atoms with E-state index in [9.17, 15) is 10.1 Å². The van der Waals surface area contributed by atoms with Crippen LogP contribution in [0, 0.1) is 22.0 Å². The average Bonchev–Trinajstić information content (AvgIpc) is 2.04. The fourth-order valence-corrected chi connectivity index (χ4v) is 2.03. The van der Waals surface area contributed by atoms with E-state index < -0.39 is 0 Å². The molecule has 2 atom stereocenters. The molecule has 1 fully saturated rings. The van der Waals surface area contributed by atoms with Gasteiger partial charge in [0.2, 0.25) is 5.70 Å². The molecule has 0 amide bonds. The molecule has 0 heterocycles. The van der Waals surface area contributed by atoms with Crippen molar-refractivity contribution in [3.63, 3.8) is 0 Å². The predicted molar refractivity (Wildman–Crippen MR) is 51.9 cm³/mol. The topological polar surface area (TPSA) is 43.1 Å². The van der Waals surface area contributed by atoms with Crippen LogP contribution in [0.2, 0.25) is 0 Å². The summed E-state index contributed by atoms with van der Waals surface area (Å²) in [5.41, 5.74) is 0.305. The highest BCUT2D eigenvalue weighted by Crippen LogP contribution is 2.29. The first-order valence-electron chi connectivity index (χ1n) is 4.92.